The van der Waals surface area contributed by atoms with E-state index in [2.05, 4.69) is 55.4 Å². The Morgan fingerprint density at radius 2 is 1.93 bits per heavy atom. The molecule has 1 aromatic carbocycles. The van der Waals surface area contributed by atoms with E-state index in [9.17, 15) is 0 Å². The Morgan fingerprint density at radius 1 is 1.23 bits per heavy atom. The number of hydrogen-bond acceptors (Lipinski definition) is 6. The van der Waals surface area contributed by atoms with Crippen molar-refractivity contribution in [1.82, 2.24) is 19.6 Å². The van der Waals surface area contributed by atoms with Crippen LogP contribution in [0, 0.1) is 0 Å². The second-order valence-corrected chi connectivity index (χ2v) is 7.99. The Bertz CT molecular complexity index is 789. The molecule has 1 aliphatic heterocycles. The molecule has 1 N–H and O–H groups in total. The van der Waals surface area contributed by atoms with E-state index >= 15 is 0 Å². The fourth-order valence-electron chi connectivity index (χ4n) is 3.46. The fourth-order valence-corrected chi connectivity index (χ4v) is 4.26. The minimum Gasteiger partial charge on any atom is -0.497 e. The van der Waals surface area contributed by atoms with Crippen LogP contribution in [0.4, 0.5) is 5.13 Å². The molecule has 2 heterocycles. The molecule has 0 bridgehead atoms. The van der Waals surface area contributed by atoms with Gasteiger partial charge in [-0.3, -0.25) is 4.99 Å². The van der Waals surface area contributed by atoms with Gasteiger partial charge < -0.3 is 19.9 Å². The normalized spacial score (nSPS) is 15.5. The maximum Gasteiger partial charge on any atom is 0.205 e. The first-order chi connectivity index (χ1) is 14.1. The van der Waals surface area contributed by atoms with Gasteiger partial charge in [0, 0.05) is 57.7 Å². The van der Waals surface area contributed by atoms with Crippen LogP contribution in [0.5, 0.6) is 5.75 Å². The highest BCUT2D eigenvalue weighted by atomic mass is 127. The predicted molar refractivity (Wildman–Crippen MR) is 136 cm³/mol. The van der Waals surface area contributed by atoms with E-state index in [1.54, 1.807) is 7.11 Å². The maximum atomic E-state index is 5.24. The summed E-state index contributed by atoms with van der Waals surface area (Å²) in [5, 5.41) is 4.58. The number of nitrogens with zero attached hydrogens (tertiary/aromatic N) is 5. The van der Waals surface area contributed by atoms with Gasteiger partial charge in [-0.1, -0.05) is 26.0 Å². The van der Waals surface area contributed by atoms with Crippen molar-refractivity contribution in [2.24, 2.45) is 4.99 Å². The van der Waals surface area contributed by atoms with Crippen LogP contribution >= 0.6 is 35.5 Å². The number of rotatable bonds is 7. The molecule has 1 unspecified atom stereocenters. The molecule has 0 aliphatic carbocycles. The lowest BCUT2D eigenvalue weighted by Gasteiger charge is -2.36. The summed E-state index contributed by atoms with van der Waals surface area (Å²) in [5.74, 6) is 3.31. The van der Waals surface area contributed by atoms with Gasteiger partial charge in [0.15, 0.2) is 5.96 Å². The topological polar surface area (TPSA) is 65.9 Å². The van der Waals surface area contributed by atoms with Gasteiger partial charge in [0.2, 0.25) is 5.13 Å². The zero-order valence-electron chi connectivity index (χ0n) is 18.3. The number of aromatic nitrogens is 2. The van der Waals surface area contributed by atoms with E-state index in [0.29, 0.717) is 5.92 Å². The summed E-state index contributed by atoms with van der Waals surface area (Å²) in [5.41, 5.74) is 1.33. The highest BCUT2D eigenvalue weighted by Crippen LogP contribution is 2.22. The first-order valence-corrected chi connectivity index (χ1v) is 11.1. The zero-order chi connectivity index (χ0) is 20.6. The molecule has 0 spiro atoms. The number of hydrogen-bond donors (Lipinski definition) is 1. The third-order valence-corrected chi connectivity index (χ3v) is 6.20. The van der Waals surface area contributed by atoms with Crippen LogP contribution < -0.4 is 15.0 Å². The van der Waals surface area contributed by atoms with Gasteiger partial charge in [-0.25, -0.2) is 4.98 Å². The number of aliphatic imine (C=N–C) groups is 1. The number of piperazine rings is 1. The van der Waals surface area contributed by atoms with Gasteiger partial charge in [-0.05, 0) is 30.0 Å². The van der Waals surface area contributed by atoms with Gasteiger partial charge in [-0.2, -0.15) is 4.37 Å². The number of ether oxygens (including phenoxy) is 1. The van der Waals surface area contributed by atoms with Crippen molar-refractivity contribution in [2.75, 3.05) is 51.8 Å². The Labute approximate surface area is 201 Å². The molecule has 1 saturated heterocycles. The molecule has 0 saturated carbocycles. The van der Waals surface area contributed by atoms with Crippen LogP contribution in [-0.2, 0) is 6.42 Å². The van der Waals surface area contributed by atoms with Crippen molar-refractivity contribution in [1.29, 1.82) is 0 Å². The lowest BCUT2D eigenvalue weighted by molar-refractivity contribution is 0.371. The summed E-state index contributed by atoms with van der Waals surface area (Å²) in [6.45, 7) is 9.02. The second-order valence-electron chi connectivity index (χ2n) is 7.26. The average Bonchev–Trinajstić information content (AvgIpc) is 3.26. The number of aryl methyl sites for hydroxylation is 1. The minimum atomic E-state index is 0. The standard InChI is InChI=1S/C21H32N6OS.HI/c1-5-19-24-21(29-25-19)27-14-12-26(13-15-27)20(22-3)23-11-10-16(2)17-6-8-18(28-4)9-7-17;/h6-9,16H,5,10-15H2,1-4H3,(H,22,23);1H. The Balaban J connectivity index is 0.00000320. The molecule has 1 aliphatic rings. The lowest BCUT2D eigenvalue weighted by atomic mass is 9.98. The molecule has 3 rings (SSSR count). The average molecular weight is 545 g/mol. The minimum absolute atomic E-state index is 0. The van der Waals surface area contributed by atoms with Crippen molar-refractivity contribution in [3.63, 3.8) is 0 Å². The molecule has 9 heteroatoms. The van der Waals surface area contributed by atoms with Crippen LogP contribution in [-0.4, -0.2) is 67.1 Å². The van der Waals surface area contributed by atoms with Crippen molar-refractivity contribution >= 4 is 46.6 Å². The van der Waals surface area contributed by atoms with E-state index < -0.39 is 0 Å². The van der Waals surface area contributed by atoms with E-state index in [0.717, 1.165) is 68.2 Å². The van der Waals surface area contributed by atoms with Crippen LogP contribution in [0.25, 0.3) is 0 Å². The number of halogens is 1. The first-order valence-electron chi connectivity index (χ1n) is 10.3. The van der Waals surface area contributed by atoms with Crippen molar-refractivity contribution in [3.8, 4) is 5.75 Å². The first kappa shape index (κ1) is 24.6. The summed E-state index contributed by atoms with van der Waals surface area (Å²) in [6, 6.07) is 8.35. The number of nitrogens with one attached hydrogen (secondary N) is 1. The summed E-state index contributed by atoms with van der Waals surface area (Å²) in [6.07, 6.45) is 1.94. The van der Waals surface area contributed by atoms with Crippen molar-refractivity contribution in [2.45, 2.75) is 32.6 Å². The highest BCUT2D eigenvalue weighted by molar-refractivity contribution is 14.0. The molecule has 7 nitrogen and oxygen atoms in total. The van der Waals surface area contributed by atoms with Crippen LogP contribution in [0.15, 0.2) is 29.3 Å². The zero-order valence-corrected chi connectivity index (χ0v) is 21.4. The van der Waals surface area contributed by atoms with E-state index in [4.69, 9.17) is 4.74 Å². The molecule has 0 amide bonds. The molecule has 1 aromatic heterocycles. The predicted octanol–water partition coefficient (Wildman–Crippen LogP) is 3.62. The highest BCUT2D eigenvalue weighted by Gasteiger charge is 2.22. The quantitative estimate of drug-likeness (QED) is 0.327. The monoisotopic (exact) mass is 544 g/mol. The lowest BCUT2D eigenvalue weighted by Crippen LogP contribution is -2.52. The van der Waals surface area contributed by atoms with Gasteiger partial charge >= 0.3 is 0 Å². The second kappa shape index (κ2) is 12.3. The van der Waals surface area contributed by atoms with Gasteiger partial charge in [0.1, 0.15) is 11.6 Å². The fraction of sp³-hybridized carbons (Fsp3) is 0.571. The van der Waals surface area contributed by atoms with Crippen LogP contribution in [0.2, 0.25) is 0 Å². The Morgan fingerprint density at radius 3 is 2.50 bits per heavy atom. The number of methoxy groups -OCH3 is 1. The number of guanidine groups is 1. The number of anilines is 1. The summed E-state index contributed by atoms with van der Waals surface area (Å²) in [4.78, 5) is 13.8. The molecule has 30 heavy (non-hydrogen) atoms. The van der Waals surface area contributed by atoms with Gasteiger partial charge in [0.05, 0.1) is 7.11 Å². The Hall–Kier alpha value is -1.62. The van der Waals surface area contributed by atoms with Gasteiger partial charge in [-0.15, -0.1) is 24.0 Å². The summed E-state index contributed by atoms with van der Waals surface area (Å²) in [7, 11) is 3.56. The van der Waals surface area contributed by atoms with Crippen LogP contribution in [0.1, 0.15) is 37.6 Å². The number of benzene rings is 1. The van der Waals surface area contributed by atoms with Crippen LogP contribution in [0.3, 0.4) is 0 Å². The third-order valence-electron chi connectivity index (χ3n) is 5.38. The molecular weight excluding hydrogens is 511 g/mol. The third kappa shape index (κ3) is 6.44. The van der Waals surface area contributed by atoms with E-state index in [1.165, 1.54) is 17.1 Å². The largest absolute Gasteiger partial charge is 0.497 e. The molecule has 2 aromatic rings. The molecule has 166 valence electrons. The molecular formula is C21H33IN6OS. The Kier molecular flexibility index (Phi) is 10.1. The summed E-state index contributed by atoms with van der Waals surface area (Å²) >= 11 is 1.51. The molecule has 0 radical (unpaired) electrons. The van der Waals surface area contributed by atoms with E-state index in [1.807, 2.05) is 19.2 Å². The van der Waals surface area contributed by atoms with Gasteiger partial charge in [0.25, 0.3) is 0 Å². The molecule has 1 atom stereocenters. The van der Waals surface area contributed by atoms with Crippen molar-refractivity contribution < 1.29 is 4.74 Å². The molecule has 1 fully saturated rings. The van der Waals surface area contributed by atoms with E-state index in [-0.39, 0.29) is 24.0 Å². The smallest absolute Gasteiger partial charge is 0.205 e. The van der Waals surface area contributed by atoms with Crippen molar-refractivity contribution in [3.05, 3.63) is 35.7 Å². The summed E-state index contributed by atoms with van der Waals surface area (Å²) < 4.78 is 9.65. The SMILES string of the molecule is CCc1nsc(N2CCN(C(=NC)NCCC(C)c3ccc(OC)cc3)CC2)n1.I. The maximum absolute atomic E-state index is 5.24.